The largest absolute Gasteiger partial charge is 0.494 e. The third-order valence-electron chi connectivity index (χ3n) is 8.25. The van der Waals surface area contributed by atoms with E-state index in [1.165, 1.54) is 18.2 Å². The highest BCUT2D eigenvalue weighted by Crippen LogP contribution is 2.28. The van der Waals surface area contributed by atoms with E-state index in [9.17, 15) is 32.7 Å². The molecule has 3 aromatic rings. The molecule has 2 atom stereocenters. The molecule has 18 heteroatoms. The Morgan fingerprint density at radius 1 is 1.02 bits per heavy atom. The molecule has 1 aromatic heterocycles. The van der Waals surface area contributed by atoms with Crippen LogP contribution in [0, 0.1) is 5.92 Å². The van der Waals surface area contributed by atoms with Crippen molar-refractivity contribution in [1.29, 1.82) is 0 Å². The average molecular weight is 776 g/mol. The van der Waals surface area contributed by atoms with E-state index in [0.29, 0.717) is 43.9 Å². The molecule has 0 aliphatic carbocycles. The van der Waals surface area contributed by atoms with E-state index in [4.69, 9.17) is 14.2 Å². The molecular weight excluding hydrogens is 727 g/mol. The Kier molecular flexibility index (Phi) is 15.2. The Balaban J connectivity index is 0.000000876. The summed E-state index contributed by atoms with van der Waals surface area (Å²) >= 11 is 0. The van der Waals surface area contributed by atoms with Crippen LogP contribution in [0.2, 0.25) is 0 Å². The van der Waals surface area contributed by atoms with Crippen molar-refractivity contribution in [2.45, 2.75) is 77.2 Å². The molecule has 6 rings (SSSR count). The molecule has 300 valence electrons. The number of likely N-dealkylation sites (tertiary alicyclic amines) is 1. The number of benzene rings is 2. The van der Waals surface area contributed by atoms with E-state index < -0.39 is 36.7 Å². The summed E-state index contributed by atoms with van der Waals surface area (Å²) in [4.78, 5) is 49.5. The Morgan fingerprint density at radius 2 is 1.71 bits per heavy atom. The van der Waals surface area contributed by atoms with Gasteiger partial charge in [0.1, 0.15) is 23.1 Å². The maximum absolute atomic E-state index is 13.5. The normalized spacial score (nSPS) is 17.3. The molecular formula is C37H48F3N7O8. The van der Waals surface area contributed by atoms with Crippen LogP contribution in [-0.4, -0.2) is 101 Å². The Bertz CT molecular complexity index is 1720. The Labute approximate surface area is 317 Å². The highest BCUT2D eigenvalue weighted by molar-refractivity contribution is 5.99. The zero-order valence-electron chi connectivity index (χ0n) is 31.3. The monoisotopic (exact) mass is 775 g/mol. The topological polar surface area (TPSA) is 186 Å². The zero-order chi connectivity index (χ0) is 40.0. The third-order valence-corrected chi connectivity index (χ3v) is 8.25. The Morgan fingerprint density at radius 3 is 2.31 bits per heavy atom. The van der Waals surface area contributed by atoms with Crippen molar-refractivity contribution in [2.24, 2.45) is 5.92 Å². The van der Waals surface area contributed by atoms with Crippen molar-refractivity contribution in [3.8, 4) is 17.5 Å². The number of amides is 1. The van der Waals surface area contributed by atoms with Gasteiger partial charge in [-0.2, -0.15) is 28.1 Å². The van der Waals surface area contributed by atoms with Gasteiger partial charge in [-0.15, -0.1) is 0 Å². The lowest BCUT2D eigenvalue weighted by Crippen LogP contribution is -2.46. The molecule has 2 unspecified atom stereocenters. The number of rotatable bonds is 7. The summed E-state index contributed by atoms with van der Waals surface area (Å²) in [7, 11) is 1.90. The first-order valence-electron chi connectivity index (χ1n) is 17.9. The Hall–Kier alpha value is -5.39. The fourth-order valence-corrected chi connectivity index (χ4v) is 5.54. The number of carboxylic acids is 1. The first kappa shape index (κ1) is 42.4. The molecule has 1 amide bonds. The minimum atomic E-state index is -4.62. The number of fused-ring (bicyclic) bond motifs is 10. The summed E-state index contributed by atoms with van der Waals surface area (Å²) < 4.78 is 60.1. The number of carbonyl (C=O) groups excluding carboxylic acids is 2. The first-order valence-corrected chi connectivity index (χ1v) is 17.9. The lowest BCUT2D eigenvalue weighted by atomic mass is 9.98. The van der Waals surface area contributed by atoms with Crippen molar-refractivity contribution in [2.75, 3.05) is 50.6 Å². The van der Waals surface area contributed by atoms with Crippen molar-refractivity contribution in [1.82, 2.24) is 25.2 Å². The number of nitrogens with one attached hydrogen (secondary N) is 3. The summed E-state index contributed by atoms with van der Waals surface area (Å²) in [6, 6.07) is 10.3. The molecule has 4 heterocycles. The second-order valence-electron chi connectivity index (χ2n) is 14.0. The SMILES string of the molecule is CC(C)(C)OC=O.CN1CCC(C(NC(=O)c2ccc3cc2OCCCCCCOc2ccc(cc2)CNc2nc(nc(OCC(F)(F)F)n2)N3)C(=O)O)C1. The summed E-state index contributed by atoms with van der Waals surface area (Å²) in [5, 5.41) is 18.5. The van der Waals surface area contributed by atoms with E-state index >= 15 is 0 Å². The molecule has 3 aliphatic heterocycles. The number of hydrogen-bond donors (Lipinski definition) is 4. The number of aromatic nitrogens is 3. The number of ether oxygens (including phenoxy) is 4. The highest BCUT2D eigenvalue weighted by Gasteiger charge is 2.34. The van der Waals surface area contributed by atoms with Gasteiger partial charge >= 0.3 is 18.2 Å². The van der Waals surface area contributed by atoms with Crippen LogP contribution in [0.1, 0.15) is 68.8 Å². The number of aliphatic carboxylic acids is 1. The number of halogens is 3. The van der Waals surface area contributed by atoms with Crippen molar-refractivity contribution < 1.29 is 51.6 Å². The van der Waals surface area contributed by atoms with Gasteiger partial charge in [-0.3, -0.25) is 9.59 Å². The summed E-state index contributed by atoms with van der Waals surface area (Å²) in [6.45, 7) is 6.65. The van der Waals surface area contributed by atoms with Gasteiger partial charge in [-0.05, 0) is 96.3 Å². The van der Waals surface area contributed by atoms with Gasteiger partial charge in [-0.1, -0.05) is 12.1 Å². The zero-order valence-corrected chi connectivity index (χ0v) is 31.3. The number of hydrogen-bond acceptors (Lipinski definition) is 13. The summed E-state index contributed by atoms with van der Waals surface area (Å²) in [6.07, 6.45) is -0.722. The number of alkyl halides is 3. The summed E-state index contributed by atoms with van der Waals surface area (Å²) in [5.41, 5.74) is 1.01. The molecule has 1 fully saturated rings. The van der Waals surface area contributed by atoms with Crippen LogP contribution in [-0.2, 0) is 20.9 Å². The molecule has 55 heavy (non-hydrogen) atoms. The number of anilines is 3. The third kappa shape index (κ3) is 14.8. The first-order chi connectivity index (χ1) is 26.1. The minimum Gasteiger partial charge on any atom is -0.494 e. The number of nitrogens with zero attached hydrogens (tertiary/aromatic N) is 4. The van der Waals surface area contributed by atoms with Crippen LogP contribution >= 0.6 is 0 Å². The maximum Gasteiger partial charge on any atom is 0.422 e. The van der Waals surface area contributed by atoms with Crippen molar-refractivity contribution in [3.05, 3.63) is 53.6 Å². The van der Waals surface area contributed by atoms with Gasteiger partial charge < -0.3 is 44.9 Å². The van der Waals surface area contributed by atoms with Gasteiger partial charge in [-0.25, -0.2) is 4.79 Å². The van der Waals surface area contributed by atoms with E-state index in [-0.39, 0.29) is 47.9 Å². The lowest BCUT2D eigenvalue weighted by molar-refractivity contribution is -0.154. The van der Waals surface area contributed by atoms with Crippen molar-refractivity contribution in [3.63, 3.8) is 0 Å². The number of carboxylic acid groups (broad SMARTS) is 1. The van der Waals surface area contributed by atoms with Gasteiger partial charge in [0.2, 0.25) is 11.9 Å². The van der Waals surface area contributed by atoms with Crippen LogP contribution in [0.25, 0.3) is 0 Å². The minimum absolute atomic E-state index is 0.0411. The molecule has 6 bridgehead atoms. The van der Waals surface area contributed by atoms with Crippen LogP contribution in [0.3, 0.4) is 0 Å². The average Bonchev–Trinajstić information content (AvgIpc) is 3.55. The molecule has 0 saturated carbocycles. The maximum atomic E-state index is 13.5. The predicted octanol–water partition coefficient (Wildman–Crippen LogP) is 5.59. The predicted molar refractivity (Wildman–Crippen MR) is 196 cm³/mol. The molecule has 2 aromatic carbocycles. The smallest absolute Gasteiger partial charge is 0.422 e. The second kappa shape index (κ2) is 19.8. The fraction of sp³-hybridized carbons (Fsp3) is 0.514. The molecule has 0 radical (unpaired) electrons. The molecule has 4 N–H and O–H groups in total. The lowest BCUT2D eigenvalue weighted by Gasteiger charge is -2.22. The van der Waals surface area contributed by atoms with Gasteiger partial charge in [0.15, 0.2) is 6.61 Å². The second-order valence-corrected chi connectivity index (χ2v) is 14.0. The fourth-order valence-electron chi connectivity index (χ4n) is 5.54. The quantitative estimate of drug-likeness (QED) is 0.218. The van der Waals surface area contributed by atoms with Gasteiger partial charge in [0, 0.05) is 30.8 Å². The number of carbonyl (C=O) groups is 3. The highest BCUT2D eigenvalue weighted by atomic mass is 19.4. The van der Waals surface area contributed by atoms with Crippen LogP contribution in [0.15, 0.2) is 42.5 Å². The van der Waals surface area contributed by atoms with Gasteiger partial charge in [0.05, 0.1) is 18.8 Å². The van der Waals surface area contributed by atoms with Crippen LogP contribution in [0.5, 0.6) is 17.5 Å². The molecule has 0 spiro atoms. The molecule has 1 saturated heterocycles. The van der Waals surface area contributed by atoms with Crippen molar-refractivity contribution >= 4 is 35.9 Å². The molecule has 15 nitrogen and oxygen atoms in total. The van der Waals surface area contributed by atoms with E-state index in [1.54, 1.807) is 0 Å². The van der Waals surface area contributed by atoms with E-state index in [1.807, 2.05) is 57.0 Å². The van der Waals surface area contributed by atoms with Gasteiger partial charge in [0.25, 0.3) is 12.4 Å². The standard InChI is InChI=1S/C32H38F3N7O6.C5H10O2/c1-42-13-12-21(18-42)26(28(44)45)38-27(43)24-11-8-22-16-25(24)47-15-5-3-2-4-14-46-23-9-6-20(7-10-23)17-36-29-39-30(37-22)41-31(40-29)48-19-32(33,34)35;1-5(2,3)7-4-6/h6-11,16,21,26H,2-5,12-15,17-19H2,1H3,(H,38,43)(H,44,45)(H2,36,37,39,40,41);4H,1-3H3. The van der Waals surface area contributed by atoms with E-state index in [0.717, 1.165) is 31.4 Å². The van der Waals surface area contributed by atoms with Crippen LogP contribution < -0.4 is 30.2 Å². The van der Waals surface area contributed by atoms with E-state index in [2.05, 4.69) is 35.6 Å². The van der Waals surface area contributed by atoms with Crippen LogP contribution in [0.4, 0.5) is 30.8 Å². The summed E-state index contributed by atoms with van der Waals surface area (Å²) in [5.74, 6) is -1.27. The molecule has 3 aliphatic rings.